The van der Waals surface area contributed by atoms with E-state index in [-0.39, 0.29) is 0 Å². The molecule has 234 valence electrons. The third-order valence-corrected chi connectivity index (χ3v) is 9.49. The van der Waals surface area contributed by atoms with E-state index in [1.807, 2.05) is 42.5 Å². The first-order chi connectivity index (χ1) is 24.8. The van der Waals surface area contributed by atoms with Gasteiger partial charge in [-0.05, 0) is 58.7 Å². The predicted molar refractivity (Wildman–Crippen MR) is 203 cm³/mol. The van der Waals surface area contributed by atoms with E-state index < -0.39 is 0 Å². The first kappa shape index (κ1) is 28.2. The smallest absolute Gasteiger partial charge is 0.238 e. The Morgan fingerprint density at radius 3 is 1.54 bits per heavy atom. The molecule has 5 heteroatoms. The van der Waals surface area contributed by atoms with Gasteiger partial charge in [0.2, 0.25) is 5.95 Å². The molecule has 5 nitrogen and oxygen atoms in total. The predicted octanol–water partition coefficient (Wildman–Crippen LogP) is 11.5. The summed E-state index contributed by atoms with van der Waals surface area (Å²) in [6, 6.07) is 58.7. The van der Waals surface area contributed by atoms with Gasteiger partial charge >= 0.3 is 0 Å². The van der Waals surface area contributed by atoms with Crippen LogP contribution < -0.4 is 0 Å². The summed E-state index contributed by atoms with van der Waals surface area (Å²) in [7, 11) is 0. The SMILES string of the molecule is c1ccc(-c2ccc(-c3ccc4oc5cc(-c6nc(-c7ccccc7)nc(-n7c8ccccc8c8ccccc87)n6)ccc5c4c3)cc2)cc1. The molecule has 3 aromatic heterocycles. The van der Waals surface area contributed by atoms with Gasteiger partial charge in [-0.2, -0.15) is 9.97 Å². The van der Waals surface area contributed by atoms with Crippen molar-refractivity contribution in [3.8, 4) is 51.0 Å². The lowest BCUT2D eigenvalue weighted by Crippen LogP contribution is -2.06. The molecule has 0 radical (unpaired) electrons. The summed E-state index contributed by atoms with van der Waals surface area (Å²) < 4.78 is 8.57. The van der Waals surface area contributed by atoms with Crippen molar-refractivity contribution in [2.75, 3.05) is 0 Å². The number of rotatable bonds is 5. The van der Waals surface area contributed by atoms with E-state index >= 15 is 0 Å². The summed E-state index contributed by atoms with van der Waals surface area (Å²) in [6.07, 6.45) is 0. The number of benzene rings is 7. The van der Waals surface area contributed by atoms with Crippen molar-refractivity contribution in [3.63, 3.8) is 0 Å². The number of fused-ring (bicyclic) bond motifs is 6. The summed E-state index contributed by atoms with van der Waals surface area (Å²) in [5.74, 6) is 1.76. The average molecular weight is 641 g/mol. The van der Waals surface area contributed by atoms with Crippen LogP contribution in [0.5, 0.6) is 0 Å². The Morgan fingerprint density at radius 1 is 0.340 bits per heavy atom. The molecule has 3 heterocycles. The van der Waals surface area contributed by atoms with E-state index in [0.717, 1.165) is 66.0 Å². The minimum atomic E-state index is 0.568. The van der Waals surface area contributed by atoms with Gasteiger partial charge in [0, 0.05) is 32.7 Å². The molecule has 7 aromatic carbocycles. The van der Waals surface area contributed by atoms with Crippen LogP contribution in [0.2, 0.25) is 0 Å². The van der Waals surface area contributed by atoms with Crippen LogP contribution in [-0.2, 0) is 0 Å². The summed E-state index contributed by atoms with van der Waals surface area (Å²) in [4.78, 5) is 15.2. The van der Waals surface area contributed by atoms with Gasteiger partial charge in [0.1, 0.15) is 11.2 Å². The van der Waals surface area contributed by atoms with Crippen LogP contribution in [0.25, 0.3) is 94.7 Å². The molecule has 0 bridgehead atoms. The fourth-order valence-corrected chi connectivity index (χ4v) is 7.03. The van der Waals surface area contributed by atoms with Crippen LogP contribution in [0.1, 0.15) is 0 Å². The lowest BCUT2D eigenvalue weighted by Gasteiger charge is -2.10. The van der Waals surface area contributed by atoms with Crippen LogP contribution in [0.15, 0.2) is 174 Å². The first-order valence-electron chi connectivity index (χ1n) is 16.7. The summed E-state index contributed by atoms with van der Waals surface area (Å²) in [5, 5.41) is 4.43. The Bertz CT molecular complexity index is 2800. The Labute approximate surface area is 287 Å². The number of hydrogen-bond donors (Lipinski definition) is 0. The minimum absolute atomic E-state index is 0.568. The third kappa shape index (κ3) is 4.67. The number of aromatic nitrogens is 4. The van der Waals surface area contributed by atoms with Crippen molar-refractivity contribution in [1.29, 1.82) is 0 Å². The molecule has 0 saturated carbocycles. The molecule has 50 heavy (non-hydrogen) atoms. The fraction of sp³-hybridized carbons (Fsp3) is 0. The molecule has 0 fully saturated rings. The standard InChI is InChI=1S/C45H28N4O/c1-3-11-29(12-4-1)30-19-21-31(22-20-30)33-24-26-41-38(27-33)37-25-23-34(28-42(37)50-41)44-46-43(32-13-5-2-6-14-32)47-45(48-44)49-39-17-9-7-15-35(39)36-16-8-10-18-40(36)49/h1-28H. The first-order valence-corrected chi connectivity index (χ1v) is 16.7. The van der Waals surface area contributed by atoms with Gasteiger partial charge in [-0.15, -0.1) is 0 Å². The lowest BCUT2D eigenvalue weighted by molar-refractivity contribution is 0.669. The maximum Gasteiger partial charge on any atom is 0.238 e. The van der Waals surface area contributed by atoms with Crippen molar-refractivity contribution in [3.05, 3.63) is 170 Å². The molecule has 0 aliphatic carbocycles. The van der Waals surface area contributed by atoms with E-state index in [1.165, 1.54) is 11.1 Å². The van der Waals surface area contributed by atoms with E-state index in [4.69, 9.17) is 19.4 Å². The molecule has 0 saturated heterocycles. The Morgan fingerprint density at radius 2 is 0.860 bits per heavy atom. The Kier molecular flexibility index (Phi) is 6.42. The van der Waals surface area contributed by atoms with Crippen LogP contribution in [0.4, 0.5) is 0 Å². The molecule has 0 atom stereocenters. The second-order valence-electron chi connectivity index (χ2n) is 12.5. The largest absolute Gasteiger partial charge is 0.456 e. The van der Waals surface area contributed by atoms with Crippen molar-refractivity contribution < 1.29 is 4.42 Å². The molecule has 0 spiro atoms. The Hall–Kier alpha value is -6.85. The van der Waals surface area contributed by atoms with E-state index in [1.54, 1.807) is 0 Å². The summed E-state index contributed by atoms with van der Waals surface area (Å²) in [6.45, 7) is 0. The summed E-state index contributed by atoms with van der Waals surface area (Å²) in [5.41, 5.74) is 10.2. The van der Waals surface area contributed by atoms with Crippen LogP contribution in [0.3, 0.4) is 0 Å². The molecular weight excluding hydrogens is 613 g/mol. The topological polar surface area (TPSA) is 56.7 Å². The van der Waals surface area contributed by atoms with Gasteiger partial charge in [0.15, 0.2) is 11.6 Å². The van der Waals surface area contributed by atoms with Gasteiger partial charge in [0.05, 0.1) is 11.0 Å². The van der Waals surface area contributed by atoms with E-state index in [0.29, 0.717) is 17.6 Å². The monoisotopic (exact) mass is 640 g/mol. The zero-order valence-electron chi connectivity index (χ0n) is 26.9. The van der Waals surface area contributed by atoms with Crippen LogP contribution >= 0.6 is 0 Å². The van der Waals surface area contributed by atoms with Crippen molar-refractivity contribution in [2.24, 2.45) is 0 Å². The molecule has 0 aliphatic heterocycles. The van der Waals surface area contributed by atoms with Crippen LogP contribution in [0, 0.1) is 0 Å². The fourth-order valence-electron chi connectivity index (χ4n) is 7.03. The molecule has 10 aromatic rings. The van der Waals surface area contributed by atoms with Gasteiger partial charge < -0.3 is 4.42 Å². The van der Waals surface area contributed by atoms with E-state index in [2.05, 4.69) is 132 Å². The van der Waals surface area contributed by atoms with E-state index in [9.17, 15) is 0 Å². The Balaban J connectivity index is 1.09. The quantitative estimate of drug-likeness (QED) is 0.188. The molecule has 0 unspecified atom stereocenters. The maximum absolute atomic E-state index is 6.44. The molecule has 0 N–H and O–H groups in total. The second-order valence-corrected chi connectivity index (χ2v) is 12.5. The number of furan rings is 1. The zero-order chi connectivity index (χ0) is 33.0. The van der Waals surface area contributed by atoms with Crippen molar-refractivity contribution in [2.45, 2.75) is 0 Å². The molecule has 0 aliphatic rings. The maximum atomic E-state index is 6.44. The molecule has 10 rings (SSSR count). The number of nitrogens with zero attached hydrogens (tertiary/aromatic N) is 4. The van der Waals surface area contributed by atoms with Crippen molar-refractivity contribution in [1.82, 2.24) is 19.5 Å². The van der Waals surface area contributed by atoms with Gasteiger partial charge in [-0.1, -0.05) is 133 Å². The highest BCUT2D eigenvalue weighted by molar-refractivity contribution is 6.09. The van der Waals surface area contributed by atoms with Gasteiger partial charge in [-0.3, -0.25) is 4.57 Å². The van der Waals surface area contributed by atoms with Gasteiger partial charge in [-0.25, -0.2) is 4.98 Å². The molecular formula is C45H28N4O. The third-order valence-electron chi connectivity index (χ3n) is 9.49. The highest BCUT2D eigenvalue weighted by Gasteiger charge is 2.18. The summed E-state index contributed by atoms with van der Waals surface area (Å²) >= 11 is 0. The van der Waals surface area contributed by atoms with Crippen LogP contribution in [-0.4, -0.2) is 19.5 Å². The second kappa shape index (κ2) is 11.4. The zero-order valence-corrected chi connectivity index (χ0v) is 26.9. The van der Waals surface area contributed by atoms with Gasteiger partial charge in [0.25, 0.3) is 0 Å². The average Bonchev–Trinajstić information content (AvgIpc) is 3.73. The molecule has 0 amide bonds. The highest BCUT2D eigenvalue weighted by Crippen LogP contribution is 2.36. The normalized spacial score (nSPS) is 11.6. The lowest BCUT2D eigenvalue weighted by atomic mass is 9.99. The highest BCUT2D eigenvalue weighted by atomic mass is 16.3. The number of hydrogen-bond acceptors (Lipinski definition) is 4. The van der Waals surface area contributed by atoms with Crippen molar-refractivity contribution >= 4 is 43.7 Å². The number of para-hydroxylation sites is 2. The minimum Gasteiger partial charge on any atom is -0.456 e.